The van der Waals surface area contributed by atoms with Gasteiger partial charge in [0.25, 0.3) is 0 Å². The van der Waals surface area contributed by atoms with Crippen molar-refractivity contribution in [3.63, 3.8) is 0 Å². The average Bonchev–Trinajstić information content (AvgIpc) is 2.39. The largest absolute Gasteiger partial charge is 0.479 e. The highest BCUT2D eigenvalue weighted by Gasteiger charge is 2.45. The van der Waals surface area contributed by atoms with Crippen molar-refractivity contribution >= 4 is 5.97 Å². The number of hydrogen-bond donors (Lipinski definition) is 3. The SMILES string of the molecule is O=C(O)[C@@](O)(c1ccccc1)[C@H]1CCCCN1. The summed E-state index contributed by atoms with van der Waals surface area (Å²) >= 11 is 0. The lowest BCUT2D eigenvalue weighted by Gasteiger charge is -2.36. The molecule has 0 unspecified atom stereocenters. The van der Waals surface area contributed by atoms with Gasteiger partial charge >= 0.3 is 5.97 Å². The summed E-state index contributed by atoms with van der Waals surface area (Å²) in [5.74, 6) is -1.19. The molecule has 2 atom stereocenters. The van der Waals surface area contributed by atoms with Crippen molar-refractivity contribution in [3.8, 4) is 0 Å². The van der Waals surface area contributed by atoms with E-state index in [9.17, 15) is 15.0 Å². The van der Waals surface area contributed by atoms with Crippen molar-refractivity contribution in [1.82, 2.24) is 5.32 Å². The van der Waals surface area contributed by atoms with Gasteiger partial charge in [0.1, 0.15) is 0 Å². The zero-order valence-electron chi connectivity index (χ0n) is 9.60. The number of piperidine rings is 1. The first-order chi connectivity index (χ1) is 8.15. The van der Waals surface area contributed by atoms with Gasteiger partial charge in [-0.05, 0) is 24.9 Å². The second-order valence-electron chi connectivity index (χ2n) is 4.44. The highest BCUT2D eigenvalue weighted by Crippen LogP contribution is 2.29. The van der Waals surface area contributed by atoms with Crippen LogP contribution in [0.25, 0.3) is 0 Å². The van der Waals surface area contributed by atoms with Crippen LogP contribution in [0.4, 0.5) is 0 Å². The maximum Gasteiger partial charge on any atom is 0.342 e. The van der Waals surface area contributed by atoms with Gasteiger partial charge in [0.15, 0.2) is 0 Å². The van der Waals surface area contributed by atoms with Crippen molar-refractivity contribution in [2.24, 2.45) is 0 Å². The number of aliphatic hydroxyl groups is 1. The Morgan fingerprint density at radius 1 is 1.29 bits per heavy atom. The number of carboxylic acids is 1. The third kappa shape index (κ3) is 2.18. The van der Waals surface area contributed by atoms with Crippen molar-refractivity contribution < 1.29 is 15.0 Å². The number of nitrogens with one attached hydrogen (secondary N) is 1. The second kappa shape index (κ2) is 4.85. The van der Waals surface area contributed by atoms with E-state index in [1.807, 2.05) is 0 Å². The first-order valence-electron chi connectivity index (χ1n) is 5.90. The lowest BCUT2D eigenvalue weighted by atomic mass is 9.82. The van der Waals surface area contributed by atoms with Gasteiger partial charge in [-0.1, -0.05) is 36.8 Å². The minimum atomic E-state index is -1.83. The number of carboxylic acid groups (broad SMARTS) is 1. The van der Waals surface area contributed by atoms with Gasteiger partial charge in [-0.2, -0.15) is 0 Å². The molecule has 1 aliphatic heterocycles. The number of benzene rings is 1. The molecule has 2 rings (SSSR count). The third-order valence-electron chi connectivity index (χ3n) is 3.35. The molecule has 4 heteroatoms. The highest BCUT2D eigenvalue weighted by molar-refractivity contribution is 5.80. The van der Waals surface area contributed by atoms with E-state index in [4.69, 9.17) is 0 Å². The third-order valence-corrected chi connectivity index (χ3v) is 3.35. The number of hydrogen-bond acceptors (Lipinski definition) is 3. The van der Waals surface area contributed by atoms with Crippen molar-refractivity contribution in [3.05, 3.63) is 35.9 Å². The minimum absolute atomic E-state index is 0.420. The summed E-state index contributed by atoms with van der Waals surface area (Å²) in [7, 11) is 0. The Bertz CT molecular complexity index is 387. The predicted octanol–water partition coefficient (Wildman–Crippen LogP) is 1.10. The van der Waals surface area contributed by atoms with Gasteiger partial charge in [-0.15, -0.1) is 0 Å². The van der Waals surface area contributed by atoms with Crippen LogP contribution in [0, 0.1) is 0 Å². The van der Waals surface area contributed by atoms with E-state index >= 15 is 0 Å². The van der Waals surface area contributed by atoms with E-state index in [0.717, 1.165) is 19.4 Å². The molecule has 0 aromatic heterocycles. The highest BCUT2D eigenvalue weighted by atomic mass is 16.4. The van der Waals surface area contributed by atoms with Crippen LogP contribution in [0.1, 0.15) is 24.8 Å². The first-order valence-corrected chi connectivity index (χ1v) is 5.90. The topological polar surface area (TPSA) is 69.6 Å². The zero-order chi connectivity index (χ0) is 12.3. The Hall–Kier alpha value is -1.39. The van der Waals surface area contributed by atoms with E-state index in [2.05, 4.69) is 5.32 Å². The van der Waals surface area contributed by atoms with Crippen molar-refractivity contribution in [1.29, 1.82) is 0 Å². The van der Waals surface area contributed by atoms with Crippen LogP contribution >= 0.6 is 0 Å². The quantitative estimate of drug-likeness (QED) is 0.734. The lowest BCUT2D eigenvalue weighted by Crippen LogP contribution is -2.55. The fourth-order valence-electron chi connectivity index (χ4n) is 2.37. The molecule has 1 heterocycles. The zero-order valence-corrected chi connectivity index (χ0v) is 9.60. The van der Waals surface area contributed by atoms with Gasteiger partial charge < -0.3 is 15.5 Å². The Labute approximate surface area is 100 Å². The molecule has 0 bridgehead atoms. The molecule has 4 nitrogen and oxygen atoms in total. The monoisotopic (exact) mass is 235 g/mol. The van der Waals surface area contributed by atoms with Gasteiger partial charge in [-0.3, -0.25) is 0 Å². The Morgan fingerprint density at radius 3 is 2.53 bits per heavy atom. The van der Waals surface area contributed by atoms with Gasteiger partial charge in [0.2, 0.25) is 5.60 Å². The summed E-state index contributed by atoms with van der Waals surface area (Å²) in [4.78, 5) is 11.4. The lowest BCUT2D eigenvalue weighted by molar-refractivity contribution is -0.164. The van der Waals surface area contributed by atoms with E-state index in [1.54, 1.807) is 30.3 Å². The second-order valence-corrected chi connectivity index (χ2v) is 4.44. The molecule has 1 aromatic rings. The van der Waals surface area contributed by atoms with Crippen LogP contribution in [-0.4, -0.2) is 28.8 Å². The van der Waals surface area contributed by atoms with Crippen molar-refractivity contribution in [2.45, 2.75) is 30.9 Å². The Kier molecular flexibility index (Phi) is 3.45. The van der Waals surface area contributed by atoms with Gasteiger partial charge in [-0.25, -0.2) is 4.79 Å². The molecule has 0 amide bonds. The number of carbonyl (C=O) groups is 1. The van der Waals surface area contributed by atoms with Gasteiger partial charge in [0, 0.05) is 0 Å². The molecule has 92 valence electrons. The summed E-state index contributed by atoms with van der Waals surface area (Å²) in [6.07, 6.45) is 2.65. The van der Waals surface area contributed by atoms with Crippen LogP contribution < -0.4 is 5.32 Å². The summed E-state index contributed by atoms with van der Waals surface area (Å²) in [5, 5.41) is 23.0. The minimum Gasteiger partial charge on any atom is -0.479 e. The molecule has 1 aliphatic rings. The molecule has 17 heavy (non-hydrogen) atoms. The van der Waals surface area contributed by atoms with Crippen LogP contribution in [0.15, 0.2) is 30.3 Å². The van der Waals surface area contributed by atoms with Crippen LogP contribution in [0.2, 0.25) is 0 Å². The Morgan fingerprint density at radius 2 is 2.00 bits per heavy atom. The fraction of sp³-hybridized carbons (Fsp3) is 0.462. The van der Waals surface area contributed by atoms with E-state index < -0.39 is 17.6 Å². The van der Waals surface area contributed by atoms with Crippen LogP contribution in [0.3, 0.4) is 0 Å². The summed E-state index contributed by atoms with van der Waals surface area (Å²) in [6.45, 7) is 0.757. The summed E-state index contributed by atoms with van der Waals surface area (Å²) < 4.78 is 0. The Balaban J connectivity index is 2.35. The predicted molar refractivity (Wildman–Crippen MR) is 63.6 cm³/mol. The molecular weight excluding hydrogens is 218 g/mol. The molecule has 0 aliphatic carbocycles. The molecule has 1 saturated heterocycles. The molecular formula is C13H17NO3. The summed E-state index contributed by atoms with van der Waals surface area (Å²) in [6, 6.07) is 8.18. The van der Waals surface area contributed by atoms with E-state index in [1.165, 1.54) is 0 Å². The van der Waals surface area contributed by atoms with E-state index in [-0.39, 0.29) is 0 Å². The maximum absolute atomic E-state index is 11.4. The normalized spacial score (nSPS) is 23.9. The fourth-order valence-corrected chi connectivity index (χ4v) is 2.37. The van der Waals surface area contributed by atoms with Crippen molar-refractivity contribution in [2.75, 3.05) is 6.54 Å². The van der Waals surface area contributed by atoms with Gasteiger partial charge in [0.05, 0.1) is 6.04 Å². The maximum atomic E-state index is 11.4. The standard InChI is InChI=1S/C13H17NO3/c15-12(16)13(17,10-6-2-1-3-7-10)11-8-4-5-9-14-11/h1-3,6-7,11,14,17H,4-5,8-9H2,(H,15,16)/t11-,13-/m1/s1. The van der Waals surface area contributed by atoms with Crippen LogP contribution in [0.5, 0.6) is 0 Å². The molecule has 3 N–H and O–H groups in total. The molecule has 0 radical (unpaired) electrons. The molecule has 0 spiro atoms. The van der Waals surface area contributed by atoms with Crippen LogP contribution in [-0.2, 0) is 10.4 Å². The number of rotatable bonds is 3. The van der Waals surface area contributed by atoms with E-state index in [0.29, 0.717) is 12.0 Å². The molecule has 1 aromatic carbocycles. The first kappa shape index (κ1) is 12.1. The smallest absolute Gasteiger partial charge is 0.342 e. The molecule has 1 fully saturated rings. The summed E-state index contributed by atoms with van der Waals surface area (Å²) in [5.41, 5.74) is -1.39. The average molecular weight is 235 g/mol. The number of aliphatic carboxylic acids is 1. The molecule has 0 saturated carbocycles.